The van der Waals surface area contributed by atoms with E-state index in [1.165, 1.54) is 6.07 Å². The molecule has 0 aliphatic heterocycles. The zero-order valence-electron chi connectivity index (χ0n) is 15.7. The number of carbonyl (C=O) groups excluding carboxylic acids is 2. The van der Waals surface area contributed by atoms with Gasteiger partial charge in [0.15, 0.2) is 13.1 Å². The summed E-state index contributed by atoms with van der Waals surface area (Å²) in [6.45, 7) is 2.80. The van der Waals surface area contributed by atoms with Gasteiger partial charge in [-0.15, -0.1) is 0 Å². The second kappa shape index (κ2) is 10.3. The van der Waals surface area contributed by atoms with Crippen molar-refractivity contribution in [3.05, 3.63) is 53.1 Å². The summed E-state index contributed by atoms with van der Waals surface area (Å²) in [4.78, 5) is 25.3. The lowest BCUT2D eigenvalue weighted by Crippen LogP contribution is -3.13. The third-order valence-electron chi connectivity index (χ3n) is 4.07. The van der Waals surface area contributed by atoms with Gasteiger partial charge in [0.05, 0.1) is 24.2 Å². The zero-order chi connectivity index (χ0) is 20.5. The number of rotatable bonds is 8. The average Bonchev–Trinajstić information content (AvgIpc) is 2.68. The van der Waals surface area contributed by atoms with Crippen molar-refractivity contribution in [2.75, 3.05) is 37.4 Å². The minimum atomic E-state index is -0.241. The summed E-state index contributed by atoms with van der Waals surface area (Å²) in [5.74, 6) is 0.282. The molecule has 2 aromatic carbocycles. The standard InChI is InChI=1S/C20H21ClN4O3/c1-3-25(12-19(26)23-15-6-8-17(28-2)9-7-15)13-20(27)24-16-5-4-14(11-22)18(21)10-16/h4-10H,3,12-13H2,1-2H3,(H,23,26)(H,24,27)/p+1. The number of methoxy groups -OCH3 is 1. The van der Waals surface area contributed by atoms with Gasteiger partial charge in [-0.05, 0) is 49.4 Å². The van der Waals surface area contributed by atoms with E-state index in [4.69, 9.17) is 21.6 Å². The highest BCUT2D eigenvalue weighted by Gasteiger charge is 2.17. The summed E-state index contributed by atoms with van der Waals surface area (Å²) in [6, 6.07) is 13.7. The third-order valence-corrected chi connectivity index (χ3v) is 4.38. The number of benzene rings is 2. The molecular weight excluding hydrogens is 380 g/mol. The van der Waals surface area contributed by atoms with E-state index in [0.29, 0.717) is 29.2 Å². The molecule has 0 heterocycles. The first-order valence-corrected chi connectivity index (χ1v) is 9.10. The molecule has 2 aromatic rings. The molecule has 3 N–H and O–H groups in total. The number of likely N-dealkylation sites (N-methyl/N-ethyl adjacent to an activating group) is 1. The van der Waals surface area contributed by atoms with E-state index in [0.717, 1.165) is 4.90 Å². The predicted molar refractivity (Wildman–Crippen MR) is 108 cm³/mol. The van der Waals surface area contributed by atoms with Crippen molar-refractivity contribution < 1.29 is 19.2 Å². The van der Waals surface area contributed by atoms with Gasteiger partial charge in [-0.25, -0.2) is 0 Å². The van der Waals surface area contributed by atoms with Crippen LogP contribution in [0.15, 0.2) is 42.5 Å². The van der Waals surface area contributed by atoms with Crippen LogP contribution in [0.3, 0.4) is 0 Å². The number of halogens is 1. The number of nitrogens with zero attached hydrogens (tertiary/aromatic N) is 1. The predicted octanol–water partition coefficient (Wildman–Crippen LogP) is 1.70. The van der Waals surface area contributed by atoms with Crippen molar-refractivity contribution in [2.24, 2.45) is 0 Å². The van der Waals surface area contributed by atoms with E-state index in [-0.39, 0.29) is 29.9 Å². The van der Waals surface area contributed by atoms with Crippen molar-refractivity contribution in [3.63, 3.8) is 0 Å². The van der Waals surface area contributed by atoms with Gasteiger partial charge in [0, 0.05) is 11.4 Å². The smallest absolute Gasteiger partial charge is 0.279 e. The first kappa shape index (κ1) is 21.2. The Morgan fingerprint density at radius 1 is 1.07 bits per heavy atom. The lowest BCUT2D eigenvalue weighted by Gasteiger charge is -2.17. The van der Waals surface area contributed by atoms with Crippen molar-refractivity contribution >= 4 is 34.8 Å². The Bertz CT molecular complexity index is 878. The van der Waals surface area contributed by atoms with Crippen molar-refractivity contribution in [3.8, 4) is 11.8 Å². The van der Waals surface area contributed by atoms with Crippen LogP contribution < -0.4 is 20.3 Å². The van der Waals surface area contributed by atoms with Crippen LogP contribution in [-0.2, 0) is 9.59 Å². The Labute approximate surface area is 168 Å². The molecule has 146 valence electrons. The Hall–Kier alpha value is -3.08. The topological polar surface area (TPSA) is 95.7 Å². The molecule has 0 aliphatic carbocycles. The van der Waals surface area contributed by atoms with Crippen LogP contribution in [0.4, 0.5) is 11.4 Å². The maximum absolute atomic E-state index is 12.3. The maximum Gasteiger partial charge on any atom is 0.279 e. The van der Waals surface area contributed by atoms with Gasteiger partial charge in [-0.1, -0.05) is 11.6 Å². The first-order valence-electron chi connectivity index (χ1n) is 8.72. The number of nitrogens with one attached hydrogen (secondary N) is 3. The van der Waals surface area contributed by atoms with E-state index in [1.807, 2.05) is 13.0 Å². The number of ether oxygens (including phenoxy) is 1. The fourth-order valence-corrected chi connectivity index (χ4v) is 2.76. The number of nitriles is 1. The van der Waals surface area contributed by atoms with Crippen molar-refractivity contribution in [1.29, 1.82) is 5.26 Å². The molecule has 0 saturated carbocycles. The van der Waals surface area contributed by atoms with Crippen molar-refractivity contribution in [2.45, 2.75) is 6.92 Å². The van der Waals surface area contributed by atoms with Crippen LogP contribution in [0.5, 0.6) is 5.75 Å². The maximum atomic E-state index is 12.3. The Balaban J connectivity index is 1.88. The molecule has 1 unspecified atom stereocenters. The summed E-state index contributed by atoms with van der Waals surface area (Å²) in [5.41, 5.74) is 1.51. The molecule has 0 spiro atoms. The molecule has 0 fully saturated rings. The molecule has 1 atom stereocenters. The van der Waals surface area contributed by atoms with Crippen LogP contribution in [0.25, 0.3) is 0 Å². The van der Waals surface area contributed by atoms with Crippen molar-refractivity contribution in [1.82, 2.24) is 0 Å². The summed E-state index contributed by atoms with van der Waals surface area (Å²) >= 11 is 5.97. The van der Waals surface area contributed by atoms with Gasteiger partial charge in [-0.2, -0.15) is 5.26 Å². The lowest BCUT2D eigenvalue weighted by molar-refractivity contribution is -0.881. The molecule has 8 heteroatoms. The molecule has 0 saturated heterocycles. The average molecular weight is 402 g/mol. The zero-order valence-corrected chi connectivity index (χ0v) is 16.5. The summed E-state index contributed by atoms with van der Waals surface area (Å²) in [7, 11) is 1.58. The van der Waals surface area contributed by atoms with E-state index in [1.54, 1.807) is 43.5 Å². The normalized spacial score (nSPS) is 11.2. The molecule has 28 heavy (non-hydrogen) atoms. The SMILES string of the molecule is CC[NH+](CC(=O)Nc1ccc(OC)cc1)CC(=O)Nc1ccc(C#N)c(Cl)c1. The van der Waals surface area contributed by atoms with Gasteiger partial charge in [0.1, 0.15) is 11.8 Å². The summed E-state index contributed by atoms with van der Waals surface area (Å²) in [6.07, 6.45) is 0. The molecule has 7 nitrogen and oxygen atoms in total. The number of quaternary nitrogens is 1. The molecule has 2 amide bonds. The quantitative estimate of drug-likeness (QED) is 0.627. The third kappa shape index (κ3) is 6.27. The second-order valence-corrected chi connectivity index (χ2v) is 6.50. The Kier molecular flexibility index (Phi) is 7.81. The van der Waals surface area contributed by atoms with E-state index in [9.17, 15) is 9.59 Å². The highest BCUT2D eigenvalue weighted by atomic mass is 35.5. The number of carbonyl (C=O) groups is 2. The van der Waals surface area contributed by atoms with E-state index >= 15 is 0 Å². The molecular formula is C20H22ClN4O3+. The Morgan fingerprint density at radius 2 is 1.64 bits per heavy atom. The van der Waals surface area contributed by atoms with E-state index in [2.05, 4.69) is 10.6 Å². The number of anilines is 2. The Morgan fingerprint density at radius 3 is 2.14 bits per heavy atom. The molecule has 0 bridgehead atoms. The fraction of sp³-hybridized carbons (Fsp3) is 0.250. The number of hydrogen-bond donors (Lipinski definition) is 3. The highest BCUT2D eigenvalue weighted by Crippen LogP contribution is 2.20. The molecule has 0 radical (unpaired) electrons. The van der Waals surface area contributed by atoms with Gasteiger partial charge in [0.25, 0.3) is 11.8 Å². The molecule has 0 aromatic heterocycles. The molecule has 0 aliphatic rings. The minimum Gasteiger partial charge on any atom is -0.497 e. The first-order chi connectivity index (χ1) is 13.4. The number of amides is 2. The van der Waals surface area contributed by atoms with Gasteiger partial charge >= 0.3 is 0 Å². The van der Waals surface area contributed by atoms with Crippen LogP contribution in [-0.4, -0.2) is 38.6 Å². The highest BCUT2D eigenvalue weighted by molar-refractivity contribution is 6.32. The summed E-state index contributed by atoms with van der Waals surface area (Å²) in [5, 5.41) is 14.7. The largest absolute Gasteiger partial charge is 0.497 e. The van der Waals surface area contributed by atoms with Gasteiger partial charge < -0.3 is 20.3 Å². The monoisotopic (exact) mass is 401 g/mol. The minimum absolute atomic E-state index is 0.129. The van der Waals surface area contributed by atoms with Gasteiger partial charge in [-0.3, -0.25) is 9.59 Å². The fourth-order valence-electron chi connectivity index (χ4n) is 2.53. The van der Waals surface area contributed by atoms with Crippen LogP contribution in [0.1, 0.15) is 12.5 Å². The van der Waals surface area contributed by atoms with E-state index < -0.39 is 0 Å². The van der Waals surface area contributed by atoms with Crippen LogP contribution in [0, 0.1) is 11.3 Å². The van der Waals surface area contributed by atoms with Crippen LogP contribution >= 0.6 is 11.6 Å². The summed E-state index contributed by atoms with van der Waals surface area (Å²) < 4.78 is 5.08. The van der Waals surface area contributed by atoms with Crippen LogP contribution in [0.2, 0.25) is 5.02 Å². The lowest BCUT2D eigenvalue weighted by atomic mass is 10.2. The number of hydrogen-bond acceptors (Lipinski definition) is 4. The molecule has 2 rings (SSSR count). The van der Waals surface area contributed by atoms with Gasteiger partial charge in [0.2, 0.25) is 0 Å². The second-order valence-electron chi connectivity index (χ2n) is 6.09.